The van der Waals surface area contributed by atoms with Gasteiger partial charge in [0, 0.05) is 63.9 Å². The molecule has 0 aromatic heterocycles. The largest absolute Gasteiger partial charge is 0.337 e. The minimum atomic E-state index is -0.544. The molecule has 2 aliphatic rings. The summed E-state index contributed by atoms with van der Waals surface area (Å²) in [6.45, 7) is 4.00. The van der Waals surface area contributed by atoms with Crippen molar-refractivity contribution >= 4 is 29.1 Å². The molecule has 0 atom stereocenters. The molecule has 2 aromatic rings. The molecular weight excluding hydrogens is 499 g/mol. The second kappa shape index (κ2) is 12.5. The lowest BCUT2D eigenvalue weighted by atomic mass is 9.88. The van der Waals surface area contributed by atoms with Crippen molar-refractivity contribution < 1.29 is 18.9 Å². The summed E-state index contributed by atoms with van der Waals surface area (Å²) >= 11 is 6.15. The third-order valence-corrected chi connectivity index (χ3v) is 7.61. The Kier molecular flexibility index (Phi) is 9.10. The summed E-state index contributed by atoms with van der Waals surface area (Å²) < 4.78 is 13.4. The third kappa shape index (κ3) is 7.05. The van der Waals surface area contributed by atoms with Crippen LogP contribution in [-0.4, -0.2) is 70.7 Å². The predicted molar refractivity (Wildman–Crippen MR) is 139 cm³/mol. The normalized spacial score (nSPS) is 17.0. The number of amides is 2. The first kappa shape index (κ1) is 27.0. The minimum absolute atomic E-state index is 0.0510. The summed E-state index contributed by atoms with van der Waals surface area (Å²) in [6.07, 6.45) is 5.18. The molecule has 0 N–H and O–H groups in total. The van der Waals surface area contributed by atoms with Crippen molar-refractivity contribution in [2.24, 2.45) is 5.92 Å². The fourth-order valence-corrected chi connectivity index (χ4v) is 5.34. The fraction of sp³-hybridized carbons (Fsp3) is 0.481. The Morgan fingerprint density at radius 1 is 1.03 bits per heavy atom. The van der Waals surface area contributed by atoms with E-state index in [-0.39, 0.29) is 39.8 Å². The third-order valence-electron chi connectivity index (χ3n) is 7.29. The molecule has 1 aliphatic heterocycles. The average molecular weight is 531 g/mol. The van der Waals surface area contributed by atoms with E-state index in [0.717, 1.165) is 31.2 Å². The minimum Gasteiger partial charge on any atom is -0.337 e. The number of nitro groups is 1. The number of halogens is 2. The molecule has 0 unspecified atom stereocenters. The highest BCUT2D eigenvalue weighted by molar-refractivity contribution is 6.34. The zero-order chi connectivity index (χ0) is 26.4. The highest BCUT2D eigenvalue weighted by Crippen LogP contribution is 2.27. The predicted octanol–water partition coefficient (Wildman–Crippen LogP) is 4.75. The van der Waals surface area contributed by atoms with Crippen LogP contribution in [0.3, 0.4) is 0 Å². The maximum atomic E-state index is 13.4. The number of benzene rings is 2. The molecule has 10 heteroatoms. The molecule has 198 valence electrons. The molecule has 0 spiro atoms. The summed E-state index contributed by atoms with van der Waals surface area (Å²) in [6, 6.07) is 10.2. The molecule has 2 aromatic carbocycles. The first-order valence-electron chi connectivity index (χ1n) is 12.8. The standard InChI is InChI=1S/C27H32ClFN4O4/c28-25-18-23(33(36)37)10-11-24(25)27(35)31-15-12-30(13-16-31)14-17-32(19-20-6-8-22(29)9-7-20)26(34)21-4-2-1-3-5-21/h6-11,18,21H,1-5,12-17,19H2. The van der Waals surface area contributed by atoms with E-state index in [1.165, 1.54) is 36.8 Å². The Morgan fingerprint density at radius 2 is 1.70 bits per heavy atom. The Labute approximate surface area is 221 Å². The molecule has 4 rings (SSSR count). The van der Waals surface area contributed by atoms with E-state index >= 15 is 0 Å². The van der Waals surface area contributed by atoms with Crippen LogP contribution in [-0.2, 0) is 11.3 Å². The van der Waals surface area contributed by atoms with E-state index in [0.29, 0.717) is 45.8 Å². The van der Waals surface area contributed by atoms with Crippen molar-refractivity contribution in [2.75, 3.05) is 39.3 Å². The van der Waals surface area contributed by atoms with Gasteiger partial charge in [-0.25, -0.2) is 4.39 Å². The number of hydrogen-bond donors (Lipinski definition) is 0. The quantitative estimate of drug-likeness (QED) is 0.363. The number of hydrogen-bond acceptors (Lipinski definition) is 5. The highest BCUT2D eigenvalue weighted by atomic mass is 35.5. The van der Waals surface area contributed by atoms with Crippen LogP contribution in [0.4, 0.5) is 10.1 Å². The van der Waals surface area contributed by atoms with Gasteiger partial charge in [-0.05, 0) is 36.6 Å². The van der Waals surface area contributed by atoms with Crippen molar-refractivity contribution in [3.63, 3.8) is 0 Å². The second-order valence-corrected chi connectivity index (χ2v) is 10.2. The zero-order valence-electron chi connectivity index (χ0n) is 20.8. The van der Waals surface area contributed by atoms with Crippen LogP contribution in [0.1, 0.15) is 48.0 Å². The molecule has 0 radical (unpaired) electrons. The molecule has 0 bridgehead atoms. The number of rotatable bonds is 8. The topological polar surface area (TPSA) is 87.0 Å². The van der Waals surface area contributed by atoms with Gasteiger partial charge >= 0.3 is 0 Å². The van der Waals surface area contributed by atoms with Crippen LogP contribution in [0.15, 0.2) is 42.5 Å². The molecular formula is C27H32ClFN4O4. The monoisotopic (exact) mass is 530 g/mol. The van der Waals surface area contributed by atoms with Crippen LogP contribution in [0.5, 0.6) is 0 Å². The van der Waals surface area contributed by atoms with Gasteiger partial charge in [-0.15, -0.1) is 0 Å². The SMILES string of the molecule is O=C(c1ccc([N+](=O)[O-])cc1Cl)N1CCN(CCN(Cc2ccc(F)cc2)C(=O)C2CCCCC2)CC1. The van der Waals surface area contributed by atoms with Crippen molar-refractivity contribution in [1.29, 1.82) is 0 Å². The number of piperazine rings is 1. The van der Waals surface area contributed by atoms with Gasteiger partial charge < -0.3 is 9.80 Å². The van der Waals surface area contributed by atoms with Gasteiger partial charge in [-0.3, -0.25) is 24.6 Å². The fourth-order valence-electron chi connectivity index (χ4n) is 5.08. The Hall–Kier alpha value is -3.04. The van der Waals surface area contributed by atoms with Gasteiger partial charge in [0.05, 0.1) is 15.5 Å². The molecule has 1 saturated heterocycles. The molecule has 1 aliphatic carbocycles. The smallest absolute Gasteiger partial charge is 0.270 e. The van der Waals surface area contributed by atoms with Gasteiger partial charge in [0.1, 0.15) is 5.82 Å². The summed E-state index contributed by atoms with van der Waals surface area (Å²) in [5.74, 6) is -0.318. The van der Waals surface area contributed by atoms with Gasteiger partial charge in [0.25, 0.3) is 11.6 Å². The Bertz CT molecular complexity index is 1120. The van der Waals surface area contributed by atoms with Crippen LogP contribution < -0.4 is 0 Å². The van der Waals surface area contributed by atoms with E-state index in [2.05, 4.69) is 4.90 Å². The number of carbonyl (C=O) groups excluding carboxylic acids is 2. The van der Waals surface area contributed by atoms with E-state index in [9.17, 15) is 24.1 Å². The first-order valence-corrected chi connectivity index (χ1v) is 13.2. The van der Waals surface area contributed by atoms with Crippen LogP contribution in [0.2, 0.25) is 5.02 Å². The molecule has 2 amide bonds. The number of nitrogens with zero attached hydrogens (tertiary/aromatic N) is 4. The van der Waals surface area contributed by atoms with E-state index < -0.39 is 4.92 Å². The van der Waals surface area contributed by atoms with Gasteiger partial charge in [0.15, 0.2) is 0 Å². The Balaban J connectivity index is 1.33. The summed E-state index contributed by atoms with van der Waals surface area (Å²) in [4.78, 5) is 42.5. The summed E-state index contributed by atoms with van der Waals surface area (Å²) in [5.41, 5.74) is 1.00. The van der Waals surface area contributed by atoms with E-state index in [4.69, 9.17) is 11.6 Å². The van der Waals surface area contributed by atoms with E-state index in [1.54, 1.807) is 17.0 Å². The highest BCUT2D eigenvalue weighted by Gasteiger charge is 2.28. The maximum absolute atomic E-state index is 13.4. The summed E-state index contributed by atoms with van der Waals surface area (Å²) in [5, 5.41) is 11.0. The van der Waals surface area contributed by atoms with Crippen molar-refractivity contribution in [2.45, 2.75) is 38.6 Å². The van der Waals surface area contributed by atoms with Gasteiger partial charge in [-0.1, -0.05) is 43.0 Å². The lowest BCUT2D eigenvalue weighted by Gasteiger charge is -2.36. The van der Waals surface area contributed by atoms with Gasteiger partial charge in [0.2, 0.25) is 5.91 Å². The second-order valence-electron chi connectivity index (χ2n) is 9.78. The van der Waals surface area contributed by atoms with Crippen molar-refractivity contribution in [3.8, 4) is 0 Å². The molecule has 2 fully saturated rings. The number of non-ortho nitro benzene ring substituents is 1. The lowest BCUT2D eigenvalue weighted by Crippen LogP contribution is -2.51. The summed E-state index contributed by atoms with van der Waals surface area (Å²) in [7, 11) is 0. The van der Waals surface area contributed by atoms with E-state index in [1.807, 2.05) is 4.90 Å². The van der Waals surface area contributed by atoms with Crippen molar-refractivity contribution in [1.82, 2.24) is 14.7 Å². The van der Waals surface area contributed by atoms with Crippen LogP contribution in [0.25, 0.3) is 0 Å². The number of carbonyl (C=O) groups is 2. The zero-order valence-corrected chi connectivity index (χ0v) is 21.5. The molecule has 37 heavy (non-hydrogen) atoms. The maximum Gasteiger partial charge on any atom is 0.270 e. The average Bonchev–Trinajstić information content (AvgIpc) is 2.92. The molecule has 8 nitrogen and oxygen atoms in total. The molecule has 1 saturated carbocycles. The molecule has 1 heterocycles. The van der Waals surface area contributed by atoms with Crippen LogP contribution >= 0.6 is 11.6 Å². The van der Waals surface area contributed by atoms with Crippen molar-refractivity contribution in [3.05, 3.63) is 74.5 Å². The van der Waals surface area contributed by atoms with Gasteiger partial charge in [-0.2, -0.15) is 0 Å². The number of nitro benzene ring substituents is 1. The van der Waals surface area contributed by atoms with Crippen LogP contribution in [0, 0.1) is 21.8 Å². The first-order chi connectivity index (χ1) is 17.8. The Morgan fingerprint density at radius 3 is 2.32 bits per heavy atom. The lowest BCUT2D eigenvalue weighted by molar-refractivity contribution is -0.384.